The highest BCUT2D eigenvalue weighted by Gasteiger charge is 2.18. The van der Waals surface area contributed by atoms with E-state index in [9.17, 15) is 0 Å². The fraction of sp³-hybridized carbons (Fsp3) is 0. The van der Waals surface area contributed by atoms with Crippen molar-refractivity contribution in [2.24, 2.45) is 0 Å². The second-order valence-corrected chi connectivity index (χ2v) is 16.9. The number of nitrogens with zero attached hydrogens (tertiary/aromatic N) is 2. The Morgan fingerprint density at radius 2 is 0.708 bits per heavy atom. The summed E-state index contributed by atoms with van der Waals surface area (Å²) in [6, 6.07) is 82.2. The zero-order chi connectivity index (χ0) is 42.8. The van der Waals surface area contributed by atoms with Gasteiger partial charge in [0.1, 0.15) is 11.2 Å². The summed E-state index contributed by atoms with van der Waals surface area (Å²) in [5.41, 5.74) is 13.5. The molecule has 0 spiro atoms. The first-order valence-corrected chi connectivity index (χ1v) is 22.1. The molecular formula is C62H38N2O. The summed E-state index contributed by atoms with van der Waals surface area (Å²) in [5, 5.41) is 12.1. The molecular weight excluding hydrogens is 789 g/mol. The molecule has 0 atom stereocenters. The van der Waals surface area contributed by atoms with Crippen molar-refractivity contribution in [2.75, 3.05) is 0 Å². The molecule has 3 heteroatoms. The van der Waals surface area contributed by atoms with E-state index in [4.69, 9.17) is 14.4 Å². The Kier molecular flexibility index (Phi) is 8.53. The lowest BCUT2D eigenvalue weighted by atomic mass is 9.91. The van der Waals surface area contributed by atoms with Gasteiger partial charge in [0.05, 0.1) is 11.4 Å². The molecule has 11 aromatic carbocycles. The van der Waals surface area contributed by atoms with E-state index in [1.165, 1.54) is 43.4 Å². The summed E-state index contributed by atoms with van der Waals surface area (Å²) < 4.78 is 6.85. The summed E-state index contributed by atoms with van der Waals surface area (Å²) >= 11 is 0. The third-order valence-corrected chi connectivity index (χ3v) is 13.0. The van der Waals surface area contributed by atoms with Crippen LogP contribution in [0.15, 0.2) is 235 Å². The number of furan rings is 1. The maximum Gasteiger partial charge on any atom is 0.160 e. The van der Waals surface area contributed by atoms with Crippen LogP contribution in [0.4, 0.5) is 0 Å². The fourth-order valence-electron chi connectivity index (χ4n) is 9.90. The number of rotatable bonds is 6. The molecule has 0 aliphatic rings. The van der Waals surface area contributed by atoms with Gasteiger partial charge in [0.15, 0.2) is 5.82 Å². The molecule has 0 aliphatic heterocycles. The van der Waals surface area contributed by atoms with Crippen LogP contribution in [0.3, 0.4) is 0 Å². The molecule has 0 bridgehead atoms. The summed E-state index contributed by atoms with van der Waals surface area (Å²) in [4.78, 5) is 10.1. The first-order valence-electron chi connectivity index (χ1n) is 22.1. The van der Waals surface area contributed by atoms with Crippen molar-refractivity contribution in [3.8, 4) is 67.3 Å². The second kappa shape index (κ2) is 15.0. The summed E-state index contributed by atoms with van der Waals surface area (Å²) in [5.74, 6) is 0.705. The zero-order valence-electron chi connectivity index (χ0n) is 35.2. The van der Waals surface area contributed by atoms with Crippen molar-refractivity contribution in [2.45, 2.75) is 0 Å². The van der Waals surface area contributed by atoms with E-state index in [-0.39, 0.29) is 0 Å². The fourth-order valence-corrected chi connectivity index (χ4v) is 9.90. The Bertz CT molecular complexity index is 3910. The van der Waals surface area contributed by atoms with Crippen LogP contribution in [-0.2, 0) is 0 Å². The van der Waals surface area contributed by atoms with Crippen LogP contribution in [0, 0.1) is 0 Å². The molecule has 0 radical (unpaired) electrons. The van der Waals surface area contributed by atoms with Crippen molar-refractivity contribution < 1.29 is 4.42 Å². The van der Waals surface area contributed by atoms with Gasteiger partial charge < -0.3 is 4.42 Å². The van der Waals surface area contributed by atoms with Crippen LogP contribution in [0.25, 0.3) is 132 Å². The molecule has 13 aromatic rings. The van der Waals surface area contributed by atoms with Gasteiger partial charge in [-0.2, -0.15) is 0 Å². The highest BCUT2D eigenvalue weighted by atomic mass is 16.3. The third kappa shape index (κ3) is 6.28. The van der Waals surface area contributed by atoms with Gasteiger partial charge in [-0.3, -0.25) is 0 Å². The Hall–Kier alpha value is -8.66. The van der Waals surface area contributed by atoms with Crippen LogP contribution < -0.4 is 0 Å². The van der Waals surface area contributed by atoms with E-state index in [2.05, 4.69) is 194 Å². The molecule has 2 aromatic heterocycles. The van der Waals surface area contributed by atoms with Crippen LogP contribution in [0.5, 0.6) is 0 Å². The lowest BCUT2D eigenvalue weighted by Crippen LogP contribution is -1.96. The molecule has 0 N–H and O–H groups in total. The molecule has 0 amide bonds. The minimum Gasteiger partial charge on any atom is -0.455 e. The Balaban J connectivity index is 0.902. The Morgan fingerprint density at radius 3 is 1.38 bits per heavy atom. The third-order valence-electron chi connectivity index (χ3n) is 13.0. The molecule has 2 heterocycles. The van der Waals surface area contributed by atoms with Crippen LogP contribution in [-0.4, -0.2) is 9.97 Å². The topological polar surface area (TPSA) is 38.9 Å². The standard InChI is InChI=1S/C62H38N2O/c1-3-15-39(16-4-1)58-38-59(64-62(63-58)40-17-5-2-6-18-40)46-22-14-20-42(34-46)41-19-13-21-45(33-41)55-37-57-53-32-30-44(36-60(53)65-61(57)54-28-12-11-27-51(54)55)43-29-31-52-49-25-8-7-23-47(49)48-24-9-10-26-50(48)56(52)35-43/h1-38H. The average Bonchev–Trinajstić information content (AvgIpc) is 3.77. The normalized spacial score (nSPS) is 11.7. The van der Waals surface area contributed by atoms with E-state index in [0.29, 0.717) is 5.82 Å². The quantitative estimate of drug-likeness (QED) is 0.157. The Labute approximate surface area is 375 Å². The van der Waals surface area contributed by atoms with Gasteiger partial charge in [-0.05, 0) is 114 Å². The van der Waals surface area contributed by atoms with Crippen molar-refractivity contribution in [1.29, 1.82) is 0 Å². The number of benzene rings is 11. The first-order chi connectivity index (χ1) is 32.2. The van der Waals surface area contributed by atoms with Crippen LogP contribution in [0.2, 0.25) is 0 Å². The average molecular weight is 827 g/mol. The molecule has 0 saturated heterocycles. The van der Waals surface area contributed by atoms with Gasteiger partial charge in [-0.15, -0.1) is 0 Å². The van der Waals surface area contributed by atoms with Crippen molar-refractivity contribution in [1.82, 2.24) is 9.97 Å². The van der Waals surface area contributed by atoms with Gasteiger partial charge in [-0.25, -0.2) is 9.97 Å². The van der Waals surface area contributed by atoms with E-state index in [1.807, 2.05) is 36.4 Å². The molecule has 0 saturated carbocycles. The number of fused-ring (bicyclic) bond motifs is 11. The molecule has 3 nitrogen and oxygen atoms in total. The van der Waals surface area contributed by atoms with E-state index in [1.54, 1.807) is 0 Å². The molecule has 0 aliphatic carbocycles. The highest BCUT2D eigenvalue weighted by molar-refractivity contribution is 6.26. The number of hydrogen-bond donors (Lipinski definition) is 0. The predicted molar refractivity (Wildman–Crippen MR) is 272 cm³/mol. The van der Waals surface area contributed by atoms with Crippen LogP contribution >= 0.6 is 0 Å². The maximum absolute atomic E-state index is 6.85. The Morgan fingerprint density at radius 1 is 0.246 bits per heavy atom. The minimum atomic E-state index is 0.705. The first kappa shape index (κ1) is 36.9. The van der Waals surface area contributed by atoms with Gasteiger partial charge in [0.25, 0.3) is 0 Å². The summed E-state index contributed by atoms with van der Waals surface area (Å²) in [6.45, 7) is 0. The maximum atomic E-state index is 6.85. The largest absolute Gasteiger partial charge is 0.455 e. The number of hydrogen-bond acceptors (Lipinski definition) is 3. The molecule has 0 fully saturated rings. The molecule has 0 unspecified atom stereocenters. The lowest BCUT2D eigenvalue weighted by Gasteiger charge is -2.12. The predicted octanol–water partition coefficient (Wildman–Crippen LogP) is 17.0. The van der Waals surface area contributed by atoms with E-state index in [0.717, 1.165) is 83.0 Å². The van der Waals surface area contributed by atoms with Crippen molar-refractivity contribution >= 4 is 65.0 Å². The molecule has 302 valence electrons. The van der Waals surface area contributed by atoms with Gasteiger partial charge >= 0.3 is 0 Å². The zero-order valence-corrected chi connectivity index (χ0v) is 35.2. The van der Waals surface area contributed by atoms with E-state index < -0.39 is 0 Å². The summed E-state index contributed by atoms with van der Waals surface area (Å²) in [7, 11) is 0. The monoisotopic (exact) mass is 826 g/mol. The van der Waals surface area contributed by atoms with Crippen LogP contribution in [0.1, 0.15) is 0 Å². The van der Waals surface area contributed by atoms with Gasteiger partial charge in [-0.1, -0.05) is 188 Å². The second-order valence-electron chi connectivity index (χ2n) is 16.9. The summed E-state index contributed by atoms with van der Waals surface area (Å²) in [6.07, 6.45) is 0. The highest BCUT2D eigenvalue weighted by Crippen LogP contribution is 2.43. The number of aromatic nitrogens is 2. The van der Waals surface area contributed by atoms with Gasteiger partial charge in [0.2, 0.25) is 0 Å². The smallest absolute Gasteiger partial charge is 0.160 e. The van der Waals surface area contributed by atoms with Gasteiger partial charge in [0, 0.05) is 32.8 Å². The SMILES string of the molecule is c1ccc(-c2cc(-c3cccc(-c4cccc(-c5cc6c7ccc(-c8ccc9c%10ccccc%10c%10ccccc%10c9c8)cc7oc6c6ccccc56)c4)c3)nc(-c3ccccc3)n2)cc1. The lowest BCUT2D eigenvalue weighted by molar-refractivity contribution is 0.673. The molecule has 65 heavy (non-hydrogen) atoms. The van der Waals surface area contributed by atoms with E-state index >= 15 is 0 Å². The minimum absolute atomic E-state index is 0.705. The van der Waals surface area contributed by atoms with Crippen molar-refractivity contribution in [3.63, 3.8) is 0 Å². The van der Waals surface area contributed by atoms with Crippen molar-refractivity contribution in [3.05, 3.63) is 231 Å². The molecule has 13 rings (SSSR count).